The van der Waals surface area contributed by atoms with Crippen LogP contribution < -0.4 is 10.1 Å². The molecule has 1 aliphatic rings. The molecule has 0 aliphatic carbocycles. The van der Waals surface area contributed by atoms with Crippen LogP contribution in [-0.4, -0.2) is 31.4 Å². The van der Waals surface area contributed by atoms with Gasteiger partial charge in [-0.15, -0.1) is 0 Å². The summed E-state index contributed by atoms with van der Waals surface area (Å²) in [7, 11) is 3.62. The smallest absolute Gasteiger partial charge is 0.252 e. The number of halogens is 1. The van der Waals surface area contributed by atoms with Crippen molar-refractivity contribution in [3.8, 4) is 5.75 Å². The van der Waals surface area contributed by atoms with E-state index in [0.717, 1.165) is 30.8 Å². The van der Waals surface area contributed by atoms with E-state index < -0.39 is 0 Å². The molecule has 3 rings (SSSR count). The lowest BCUT2D eigenvalue weighted by atomic mass is 10.1. The molecule has 5 nitrogen and oxygen atoms in total. The summed E-state index contributed by atoms with van der Waals surface area (Å²) >= 11 is 6.35. The maximum Gasteiger partial charge on any atom is 0.252 e. The monoisotopic (exact) mass is 334 g/mol. The first kappa shape index (κ1) is 15.9. The van der Waals surface area contributed by atoms with Gasteiger partial charge in [-0.05, 0) is 25.2 Å². The van der Waals surface area contributed by atoms with E-state index in [1.807, 2.05) is 13.1 Å². The van der Waals surface area contributed by atoms with E-state index in [1.54, 1.807) is 31.5 Å². The molecule has 122 valence electrons. The second kappa shape index (κ2) is 6.64. The molecule has 0 radical (unpaired) electrons. The maximum atomic E-state index is 11.9. The lowest BCUT2D eigenvalue weighted by Gasteiger charge is -2.19. The first-order chi connectivity index (χ1) is 11.1. The van der Waals surface area contributed by atoms with Crippen molar-refractivity contribution in [1.82, 2.24) is 10.2 Å². The molecule has 23 heavy (non-hydrogen) atoms. The predicted octanol–water partition coefficient (Wildman–Crippen LogP) is 3.25. The van der Waals surface area contributed by atoms with Crippen molar-refractivity contribution >= 4 is 17.5 Å². The number of fused-ring (bicyclic) bond motifs is 1. The molecule has 1 atom stereocenters. The van der Waals surface area contributed by atoms with Crippen LogP contribution in [0.2, 0.25) is 5.02 Å². The van der Waals surface area contributed by atoms with Crippen molar-refractivity contribution in [2.24, 2.45) is 0 Å². The standard InChI is InChI=1S/C17H19ClN2O3/c1-19-17(21)12-4-3-5-14(16(12)18)23-13-6-8-20(2)10-15-11(13)7-9-22-15/h3-5,7,9,13H,6,8,10H2,1-2H3,(H,19,21). The summed E-state index contributed by atoms with van der Waals surface area (Å²) in [4.78, 5) is 14.0. The zero-order valence-electron chi connectivity index (χ0n) is 13.1. The fourth-order valence-electron chi connectivity index (χ4n) is 2.77. The second-order valence-electron chi connectivity index (χ2n) is 5.63. The molecule has 2 aromatic rings. The fraction of sp³-hybridized carbons (Fsp3) is 0.353. The molecule has 1 aromatic carbocycles. The summed E-state index contributed by atoms with van der Waals surface area (Å²) in [6, 6.07) is 7.17. The Kier molecular flexibility index (Phi) is 4.59. The number of hydrogen-bond acceptors (Lipinski definition) is 4. The van der Waals surface area contributed by atoms with E-state index in [4.69, 9.17) is 20.8 Å². The zero-order valence-corrected chi connectivity index (χ0v) is 13.9. The second-order valence-corrected chi connectivity index (χ2v) is 6.01. The Hall–Kier alpha value is -1.98. The molecule has 0 saturated heterocycles. The van der Waals surface area contributed by atoms with Crippen LogP contribution in [0.5, 0.6) is 5.75 Å². The molecule has 6 heteroatoms. The van der Waals surface area contributed by atoms with Crippen LogP contribution in [0.1, 0.15) is 34.2 Å². The average Bonchev–Trinajstić information content (AvgIpc) is 2.94. The average molecular weight is 335 g/mol. The number of benzene rings is 1. The molecule has 1 N–H and O–H groups in total. The van der Waals surface area contributed by atoms with Gasteiger partial charge >= 0.3 is 0 Å². The Labute approximate surface area is 140 Å². The van der Waals surface area contributed by atoms with E-state index in [0.29, 0.717) is 16.3 Å². The SMILES string of the molecule is CNC(=O)c1cccc(OC2CCN(C)Cc3occc32)c1Cl. The first-order valence-electron chi connectivity index (χ1n) is 7.52. The number of hydrogen-bond donors (Lipinski definition) is 1. The van der Waals surface area contributed by atoms with Gasteiger partial charge in [-0.1, -0.05) is 17.7 Å². The largest absolute Gasteiger partial charge is 0.484 e. The molecule has 1 aliphatic heterocycles. The number of nitrogens with zero attached hydrogens (tertiary/aromatic N) is 1. The van der Waals surface area contributed by atoms with Crippen LogP contribution in [0.3, 0.4) is 0 Å². The van der Waals surface area contributed by atoms with Gasteiger partial charge in [0.1, 0.15) is 17.6 Å². The highest BCUT2D eigenvalue weighted by Gasteiger charge is 2.26. The van der Waals surface area contributed by atoms with Crippen molar-refractivity contribution in [1.29, 1.82) is 0 Å². The van der Waals surface area contributed by atoms with Crippen molar-refractivity contribution in [3.05, 3.63) is 52.4 Å². The highest BCUT2D eigenvalue weighted by atomic mass is 35.5. The lowest BCUT2D eigenvalue weighted by molar-refractivity contribution is 0.0962. The Morgan fingerprint density at radius 3 is 3.04 bits per heavy atom. The van der Waals surface area contributed by atoms with Crippen molar-refractivity contribution in [3.63, 3.8) is 0 Å². The lowest BCUT2D eigenvalue weighted by Crippen LogP contribution is -2.19. The Morgan fingerprint density at radius 2 is 2.26 bits per heavy atom. The molecular formula is C17H19ClN2O3. The van der Waals surface area contributed by atoms with E-state index in [1.165, 1.54) is 0 Å². The number of rotatable bonds is 3. The van der Waals surface area contributed by atoms with Gasteiger partial charge in [-0.25, -0.2) is 0 Å². The molecule has 1 aromatic heterocycles. The van der Waals surface area contributed by atoms with Crippen LogP contribution in [0.25, 0.3) is 0 Å². The number of furan rings is 1. The maximum absolute atomic E-state index is 11.9. The van der Waals surface area contributed by atoms with Gasteiger partial charge in [0.2, 0.25) is 0 Å². The normalized spacial score (nSPS) is 18.1. The summed E-state index contributed by atoms with van der Waals surface area (Å²) in [5.74, 6) is 1.19. The molecule has 0 spiro atoms. The van der Waals surface area contributed by atoms with E-state index in [-0.39, 0.29) is 12.0 Å². The molecule has 1 amide bonds. The minimum Gasteiger partial charge on any atom is -0.484 e. The number of nitrogens with one attached hydrogen (secondary N) is 1. The van der Waals surface area contributed by atoms with Gasteiger partial charge in [0.25, 0.3) is 5.91 Å². The summed E-state index contributed by atoms with van der Waals surface area (Å²) < 4.78 is 11.7. The highest BCUT2D eigenvalue weighted by Crippen LogP contribution is 2.35. The Balaban J connectivity index is 1.90. The summed E-state index contributed by atoms with van der Waals surface area (Å²) in [6.45, 7) is 1.65. The van der Waals surface area contributed by atoms with Gasteiger partial charge in [-0.2, -0.15) is 0 Å². The molecule has 0 bridgehead atoms. The predicted molar refractivity (Wildman–Crippen MR) is 87.9 cm³/mol. The van der Waals surface area contributed by atoms with E-state index in [2.05, 4.69) is 10.2 Å². The summed E-state index contributed by atoms with van der Waals surface area (Å²) in [5.41, 5.74) is 1.44. The Morgan fingerprint density at radius 1 is 1.43 bits per heavy atom. The third-order valence-corrected chi connectivity index (χ3v) is 4.41. The van der Waals surface area contributed by atoms with Crippen LogP contribution in [0.4, 0.5) is 0 Å². The molecule has 0 fully saturated rings. The fourth-order valence-corrected chi connectivity index (χ4v) is 3.03. The number of carbonyl (C=O) groups excluding carboxylic acids is 1. The third kappa shape index (κ3) is 3.21. The van der Waals surface area contributed by atoms with Gasteiger partial charge < -0.3 is 14.5 Å². The molecule has 0 saturated carbocycles. The topological polar surface area (TPSA) is 54.7 Å². The minimum atomic E-state index is -0.231. The van der Waals surface area contributed by atoms with Crippen molar-refractivity contribution in [2.45, 2.75) is 19.1 Å². The molecule has 1 unspecified atom stereocenters. The molecule has 2 heterocycles. The van der Waals surface area contributed by atoms with E-state index in [9.17, 15) is 4.79 Å². The van der Waals surface area contributed by atoms with Crippen LogP contribution in [0, 0.1) is 0 Å². The van der Waals surface area contributed by atoms with Gasteiger partial charge in [0, 0.05) is 25.6 Å². The summed E-state index contributed by atoms with van der Waals surface area (Å²) in [5, 5.41) is 2.91. The van der Waals surface area contributed by atoms with Gasteiger partial charge in [0.15, 0.2) is 0 Å². The van der Waals surface area contributed by atoms with Crippen LogP contribution in [0.15, 0.2) is 34.9 Å². The Bertz CT molecular complexity index is 714. The zero-order chi connectivity index (χ0) is 16.4. The van der Waals surface area contributed by atoms with Crippen LogP contribution in [-0.2, 0) is 6.54 Å². The quantitative estimate of drug-likeness (QED) is 0.936. The number of carbonyl (C=O) groups is 1. The summed E-state index contributed by atoms with van der Waals surface area (Å²) in [6.07, 6.45) is 2.36. The van der Waals surface area contributed by atoms with Crippen molar-refractivity contribution < 1.29 is 13.9 Å². The number of amides is 1. The molecular weight excluding hydrogens is 316 g/mol. The first-order valence-corrected chi connectivity index (χ1v) is 7.90. The van der Waals surface area contributed by atoms with Crippen LogP contribution >= 0.6 is 11.6 Å². The minimum absolute atomic E-state index is 0.147. The van der Waals surface area contributed by atoms with E-state index >= 15 is 0 Å². The van der Waals surface area contributed by atoms with Gasteiger partial charge in [-0.3, -0.25) is 9.69 Å². The van der Waals surface area contributed by atoms with Crippen molar-refractivity contribution in [2.75, 3.05) is 20.6 Å². The van der Waals surface area contributed by atoms with Gasteiger partial charge in [0.05, 0.1) is 23.4 Å². The number of ether oxygens (including phenoxy) is 1. The third-order valence-electron chi connectivity index (χ3n) is 4.02. The highest BCUT2D eigenvalue weighted by molar-refractivity contribution is 6.35.